The van der Waals surface area contributed by atoms with Gasteiger partial charge in [0.25, 0.3) is 0 Å². The Labute approximate surface area is 108 Å². The SMILES string of the molecule is CC(=O)N1CCN(c2ccc([C@@H](C)N)cn2)CC1. The van der Waals surface area contributed by atoms with Crippen molar-refractivity contribution in [2.45, 2.75) is 19.9 Å². The first-order valence-electron chi connectivity index (χ1n) is 6.30. The van der Waals surface area contributed by atoms with E-state index >= 15 is 0 Å². The molecular formula is C13H20N4O. The van der Waals surface area contributed by atoms with Gasteiger partial charge in [-0.2, -0.15) is 0 Å². The predicted molar refractivity (Wildman–Crippen MR) is 71.3 cm³/mol. The molecule has 0 radical (unpaired) electrons. The van der Waals surface area contributed by atoms with E-state index in [4.69, 9.17) is 5.73 Å². The lowest BCUT2D eigenvalue weighted by Crippen LogP contribution is -2.48. The fourth-order valence-corrected chi connectivity index (χ4v) is 2.10. The van der Waals surface area contributed by atoms with Gasteiger partial charge in [0.15, 0.2) is 0 Å². The molecule has 1 aromatic heterocycles. The summed E-state index contributed by atoms with van der Waals surface area (Å²) in [5.74, 6) is 1.11. The molecule has 0 aromatic carbocycles. The molecule has 5 nitrogen and oxygen atoms in total. The number of piperazine rings is 1. The molecule has 2 N–H and O–H groups in total. The number of hydrogen-bond acceptors (Lipinski definition) is 4. The van der Waals surface area contributed by atoms with Crippen molar-refractivity contribution < 1.29 is 4.79 Å². The number of nitrogens with two attached hydrogens (primary N) is 1. The molecule has 5 heteroatoms. The number of rotatable bonds is 2. The van der Waals surface area contributed by atoms with E-state index in [-0.39, 0.29) is 11.9 Å². The monoisotopic (exact) mass is 248 g/mol. The quantitative estimate of drug-likeness (QED) is 0.839. The summed E-state index contributed by atoms with van der Waals surface area (Å²) in [6, 6.07) is 4.04. The van der Waals surface area contributed by atoms with Crippen molar-refractivity contribution in [3.05, 3.63) is 23.9 Å². The van der Waals surface area contributed by atoms with E-state index in [1.54, 1.807) is 6.92 Å². The van der Waals surface area contributed by atoms with Gasteiger partial charge in [-0.15, -0.1) is 0 Å². The van der Waals surface area contributed by atoms with E-state index in [0.717, 1.165) is 37.6 Å². The topological polar surface area (TPSA) is 62.5 Å². The lowest BCUT2D eigenvalue weighted by atomic mass is 10.1. The Morgan fingerprint density at radius 1 is 1.33 bits per heavy atom. The summed E-state index contributed by atoms with van der Waals surface area (Å²) in [4.78, 5) is 19.7. The van der Waals surface area contributed by atoms with Gasteiger partial charge >= 0.3 is 0 Å². The highest BCUT2D eigenvalue weighted by molar-refractivity contribution is 5.73. The number of carbonyl (C=O) groups is 1. The third-order valence-corrected chi connectivity index (χ3v) is 3.35. The van der Waals surface area contributed by atoms with Crippen molar-refractivity contribution in [3.8, 4) is 0 Å². The predicted octanol–water partition coefficient (Wildman–Crippen LogP) is 0.770. The number of aromatic nitrogens is 1. The summed E-state index contributed by atoms with van der Waals surface area (Å²) in [7, 11) is 0. The number of pyridine rings is 1. The summed E-state index contributed by atoms with van der Waals surface area (Å²) in [5, 5.41) is 0. The van der Waals surface area contributed by atoms with E-state index in [2.05, 4.69) is 9.88 Å². The maximum Gasteiger partial charge on any atom is 0.219 e. The van der Waals surface area contributed by atoms with Crippen LogP contribution in [-0.2, 0) is 4.79 Å². The highest BCUT2D eigenvalue weighted by Crippen LogP contribution is 2.16. The molecule has 2 rings (SSSR count). The highest BCUT2D eigenvalue weighted by Gasteiger charge is 2.19. The van der Waals surface area contributed by atoms with E-state index in [0.29, 0.717) is 0 Å². The molecule has 1 aromatic rings. The molecule has 1 aliphatic heterocycles. The summed E-state index contributed by atoms with van der Waals surface area (Å²) < 4.78 is 0. The van der Waals surface area contributed by atoms with Crippen LogP contribution in [-0.4, -0.2) is 42.0 Å². The second-order valence-corrected chi connectivity index (χ2v) is 4.73. The minimum atomic E-state index is 0.0149. The molecule has 0 spiro atoms. The molecule has 0 unspecified atom stereocenters. The Kier molecular flexibility index (Phi) is 3.81. The molecule has 18 heavy (non-hydrogen) atoms. The van der Waals surface area contributed by atoms with Crippen LogP contribution in [0.3, 0.4) is 0 Å². The van der Waals surface area contributed by atoms with Crippen molar-refractivity contribution in [2.24, 2.45) is 5.73 Å². The van der Waals surface area contributed by atoms with Gasteiger partial charge in [0.05, 0.1) is 0 Å². The van der Waals surface area contributed by atoms with Crippen LogP contribution < -0.4 is 10.6 Å². The summed E-state index contributed by atoms with van der Waals surface area (Å²) in [6.45, 7) is 6.78. The largest absolute Gasteiger partial charge is 0.353 e. The molecule has 0 aliphatic carbocycles. The molecule has 1 amide bonds. The first-order valence-corrected chi connectivity index (χ1v) is 6.30. The second kappa shape index (κ2) is 5.35. The first-order chi connectivity index (χ1) is 8.58. The van der Waals surface area contributed by atoms with Crippen molar-refractivity contribution in [1.29, 1.82) is 0 Å². The van der Waals surface area contributed by atoms with E-state index in [1.807, 2.05) is 30.2 Å². The number of anilines is 1. The van der Waals surface area contributed by atoms with Crippen LogP contribution in [0.15, 0.2) is 18.3 Å². The molecule has 1 saturated heterocycles. The van der Waals surface area contributed by atoms with Crippen LogP contribution >= 0.6 is 0 Å². The van der Waals surface area contributed by atoms with Gasteiger partial charge in [0, 0.05) is 45.3 Å². The van der Waals surface area contributed by atoms with Crippen molar-refractivity contribution in [3.63, 3.8) is 0 Å². The Bertz CT molecular complexity index is 408. The molecular weight excluding hydrogens is 228 g/mol. The highest BCUT2D eigenvalue weighted by atomic mass is 16.2. The Balaban J connectivity index is 1.99. The summed E-state index contributed by atoms with van der Waals surface area (Å²) in [6.07, 6.45) is 1.83. The van der Waals surface area contributed by atoms with Crippen LogP contribution in [0.1, 0.15) is 25.5 Å². The number of nitrogens with zero attached hydrogens (tertiary/aromatic N) is 3. The van der Waals surface area contributed by atoms with E-state index < -0.39 is 0 Å². The number of carbonyl (C=O) groups excluding carboxylic acids is 1. The maximum atomic E-state index is 11.2. The average Bonchev–Trinajstić information content (AvgIpc) is 2.39. The zero-order chi connectivity index (χ0) is 13.1. The standard InChI is InChI=1S/C13H20N4O/c1-10(14)12-3-4-13(15-9-12)17-7-5-16(6-8-17)11(2)18/h3-4,9-10H,5-8,14H2,1-2H3/t10-/m1/s1. The third-order valence-electron chi connectivity index (χ3n) is 3.35. The van der Waals surface area contributed by atoms with Gasteiger partial charge in [0.1, 0.15) is 5.82 Å². The molecule has 2 heterocycles. The zero-order valence-corrected chi connectivity index (χ0v) is 11.0. The van der Waals surface area contributed by atoms with Crippen molar-refractivity contribution in [2.75, 3.05) is 31.1 Å². The molecule has 0 bridgehead atoms. The summed E-state index contributed by atoms with van der Waals surface area (Å²) in [5.41, 5.74) is 6.84. The van der Waals surface area contributed by atoms with Gasteiger partial charge in [-0.05, 0) is 18.6 Å². The van der Waals surface area contributed by atoms with E-state index in [9.17, 15) is 4.79 Å². The zero-order valence-electron chi connectivity index (χ0n) is 11.0. The molecule has 1 aliphatic rings. The second-order valence-electron chi connectivity index (χ2n) is 4.73. The van der Waals surface area contributed by atoms with Crippen LogP contribution in [0.2, 0.25) is 0 Å². The van der Waals surface area contributed by atoms with Crippen LogP contribution in [0, 0.1) is 0 Å². The first kappa shape index (κ1) is 12.8. The fraction of sp³-hybridized carbons (Fsp3) is 0.538. The van der Waals surface area contributed by atoms with Gasteiger partial charge in [-0.3, -0.25) is 4.79 Å². The van der Waals surface area contributed by atoms with Gasteiger partial charge in [-0.25, -0.2) is 4.98 Å². The summed E-state index contributed by atoms with van der Waals surface area (Å²) >= 11 is 0. The van der Waals surface area contributed by atoms with Crippen LogP contribution in [0.4, 0.5) is 5.82 Å². The number of amides is 1. The molecule has 98 valence electrons. The lowest BCUT2D eigenvalue weighted by molar-refractivity contribution is -0.129. The van der Waals surface area contributed by atoms with E-state index in [1.165, 1.54) is 0 Å². The van der Waals surface area contributed by atoms with Gasteiger partial charge in [-0.1, -0.05) is 6.07 Å². The van der Waals surface area contributed by atoms with Gasteiger partial charge in [0.2, 0.25) is 5.91 Å². The van der Waals surface area contributed by atoms with Gasteiger partial charge < -0.3 is 15.5 Å². The maximum absolute atomic E-state index is 11.2. The molecule has 0 saturated carbocycles. The molecule has 1 fully saturated rings. The fourth-order valence-electron chi connectivity index (χ4n) is 2.10. The minimum absolute atomic E-state index is 0.0149. The number of hydrogen-bond donors (Lipinski definition) is 1. The Morgan fingerprint density at radius 2 is 2.00 bits per heavy atom. The van der Waals surface area contributed by atoms with Crippen molar-refractivity contribution in [1.82, 2.24) is 9.88 Å². The Hall–Kier alpha value is -1.62. The Morgan fingerprint density at radius 3 is 2.44 bits per heavy atom. The normalized spacial score (nSPS) is 17.7. The average molecular weight is 248 g/mol. The molecule has 1 atom stereocenters. The lowest BCUT2D eigenvalue weighted by Gasteiger charge is -2.34. The third kappa shape index (κ3) is 2.79. The van der Waals surface area contributed by atoms with Crippen LogP contribution in [0.25, 0.3) is 0 Å². The van der Waals surface area contributed by atoms with Crippen LogP contribution in [0.5, 0.6) is 0 Å². The smallest absolute Gasteiger partial charge is 0.219 e. The minimum Gasteiger partial charge on any atom is -0.353 e. The van der Waals surface area contributed by atoms with Crippen molar-refractivity contribution >= 4 is 11.7 Å².